The number of amides is 1. The normalized spacial score (nSPS) is 19.3. The van der Waals surface area contributed by atoms with Crippen molar-refractivity contribution in [2.75, 3.05) is 22.9 Å². The fourth-order valence-electron chi connectivity index (χ4n) is 2.16. The molecule has 5 nitrogen and oxygen atoms in total. The number of hydrogen-bond donors (Lipinski definition) is 3. The number of rotatable bonds is 3. The maximum absolute atomic E-state index is 11.9. The largest absolute Gasteiger partial charge is 0.478 e. The molecular weight excluding hydrogens is 252 g/mol. The Morgan fingerprint density at radius 3 is 2.83 bits per heavy atom. The summed E-state index contributed by atoms with van der Waals surface area (Å²) in [6, 6.07) is 4.62. The summed E-state index contributed by atoms with van der Waals surface area (Å²) in [4.78, 5) is 24.6. The van der Waals surface area contributed by atoms with Crippen molar-refractivity contribution < 1.29 is 14.7 Å². The molecule has 0 aliphatic carbocycles. The molecule has 1 fully saturated rings. The van der Waals surface area contributed by atoms with Crippen LogP contribution in [0.5, 0.6) is 0 Å². The number of nitrogens with two attached hydrogens (primary N) is 1. The molecule has 0 radical (unpaired) electrons. The molecule has 0 aromatic heterocycles. The Balaban J connectivity index is 2.45. The Morgan fingerprint density at radius 2 is 2.28 bits per heavy atom. The molecule has 0 spiro atoms. The molecule has 1 aromatic carbocycles. The quantitative estimate of drug-likeness (QED) is 0.568. The van der Waals surface area contributed by atoms with Crippen LogP contribution >= 0.6 is 12.6 Å². The topological polar surface area (TPSA) is 83.6 Å². The molecule has 1 unspecified atom stereocenters. The number of thiol groups is 1. The van der Waals surface area contributed by atoms with Crippen molar-refractivity contribution in [2.45, 2.75) is 6.42 Å². The van der Waals surface area contributed by atoms with Crippen LogP contribution in [0.4, 0.5) is 11.4 Å². The summed E-state index contributed by atoms with van der Waals surface area (Å²) in [6.07, 6.45) is 0.386. The molecule has 96 valence electrons. The van der Waals surface area contributed by atoms with Gasteiger partial charge in [-0.1, -0.05) is 6.07 Å². The van der Waals surface area contributed by atoms with Gasteiger partial charge in [0.05, 0.1) is 16.9 Å². The maximum Gasteiger partial charge on any atom is 0.337 e. The van der Waals surface area contributed by atoms with E-state index in [4.69, 9.17) is 10.8 Å². The van der Waals surface area contributed by atoms with Crippen molar-refractivity contribution in [1.82, 2.24) is 0 Å². The van der Waals surface area contributed by atoms with E-state index in [-0.39, 0.29) is 17.4 Å². The van der Waals surface area contributed by atoms with Gasteiger partial charge in [-0.05, 0) is 23.8 Å². The van der Waals surface area contributed by atoms with Crippen LogP contribution in [0.15, 0.2) is 18.2 Å². The summed E-state index contributed by atoms with van der Waals surface area (Å²) >= 11 is 4.18. The molecule has 6 heteroatoms. The molecule has 2 rings (SSSR count). The number of carbonyl (C=O) groups is 2. The van der Waals surface area contributed by atoms with Gasteiger partial charge in [0.2, 0.25) is 5.91 Å². The highest BCUT2D eigenvalue weighted by molar-refractivity contribution is 7.80. The zero-order chi connectivity index (χ0) is 13.3. The van der Waals surface area contributed by atoms with Crippen LogP contribution in [-0.2, 0) is 4.79 Å². The molecule has 1 saturated heterocycles. The molecule has 1 amide bonds. The van der Waals surface area contributed by atoms with Gasteiger partial charge >= 0.3 is 5.97 Å². The highest BCUT2D eigenvalue weighted by Crippen LogP contribution is 2.33. The number of nitrogens with zero attached hydrogens (tertiary/aromatic N) is 1. The number of hydrogen-bond acceptors (Lipinski definition) is 4. The number of carbonyl (C=O) groups excluding carboxylic acids is 1. The predicted octanol–water partition coefficient (Wildman–Crippen LogP) is 1.25. The molecule has 0 saturated carbocycles. The third-order valence-corrected chi connectivity index (χ3v) is 3.55. The van der Waals surface area contributed by atoms with Crippen molar-refractivity contribution in [3.63, 3.8) is 0 Å². The minimum atomic E-state index is -1.08. The number of nitrogen functional groups attached to an aromatic ring is 1. The number of carboxylic acid groups (broad SMARTS) is 1. The second kappa shape index (κ2) is 4.89. The summed E-state index contributed by atoms with van der Waals surface area (Å²) in [5.41, 5.74) is 6.48. The summed E-state index contributed by atoms with van der Waals surface area (Å²) in [5.74, 6) is -0.451. The lowest BCUT2D eigenvalue weighted by molar-refractivity contribution is -0.117. The second-order valence-electron chi connectivity index (χ2n) is 4.31. The zero-order valence-corrected chi connectivity index (χ0v) is 10.6. The van der Waals surface area contributed by atoms with E-state index in [0.717, 1.165) is 0 Å². The van der Waals surface area contributed by atoms with E-state index in [1.54, 1.807) is 12.1 Å². The van der Waals surface area contributed by atoms with E-state index in [2.05, 4.69) is 12.6 Å². The lowest BCUT2D eigenvalue weighted by atomic mass is 10.1. The van der Waals surface area contributed by atoms with Crippen molar-refractivity contribution in [1.29, 1.82) is 0 Å². The molecule has 1 aliphatic rings. The van der Waals surface area contributed by atoms with Gasteiger partial charge in [-0.25, -0.2) is 4.79 Å². The van der Waals surface area contributed by atoms with E-state index in [9.17, 15) is 9.59 Å². The minimum Gasteiger partial charge on any atom is -0.478 e. The van der Waals surface area contributed by atoms with Crippen molar-refractivity contribution in [3.8, 4) is 0 Å². The SMILES string of the molecule is Nc1cccc(C(=O)O)c1N1CC(CS)CC1=O. The van der Waals surface area contributed by atoms with Gasteiger partial charge in [0.1, 0.15) is 0 Å². The second-order valence-corrected chi connectivity index (χ2v) is 4.67. The Hall–Kier alpha value is -1.69. The van der Waals surface area contributed by atoms with Gasteiger partial charge in [0.15, 0.2) is 0 Å². The number of anilines is 2. The van der Waals surface area contributed by atoms with Gasteiger partial charge in [-0.3, -0.25) is 4.79 Å². The molecule has 3 N–H and O–H groups in total. The molecule has 1 aliphatic heterocycles. The van der Waals surface area contributed by atoms with E-state index < -0.39 is 5.97 Å². The highest BCUT2D eigenvalue weighted by Gasteiger charge is 2.33. The fraction of sp³-hybridized carbons (Fsp3) is 0.333. The van der Waals surface area contributed by atoms with Gasteiger partial charge in [0, 0.05) is 13.0 Å². The smallest absolute Gasteiger partial charge is 0.337 e. The number of aromatic carboxylic acids is 1. The Kier molecular flexibility index (Phi) is 3.47. The predicted molar refractivity (Wildman–Crippen MR) is 72.1 cm³/mol. The van der Waals surface area contributed by atoms with E-state index in [1.165, 1.54) is 11.0 Å². The van der Waals surface area contributed by atoms with E-state index >= 15 is 0 Å². The van der Waals surface area contributed by atoms with Crippen LogP contribution < -0.4 is 10.6 Å². The van der Waals surface area contributed by atoms with Gasteiger partial charge < -0.3 is 15.7 Å². The third-order valence-electron chi connectivity index (χ3n) is 3.03. The Bertz CT molecular complexity index is 504. The maximum atomic E-state index is 11.9. The molecule has 1 atom stereocenters. The summed E-state index contributed by atoms with van der Waals surface area (Å²) < 4.78 is 0. The molecule has 18 heavy (non-hydrogen) atoms. The van der Waals surface area contributed by atoms with Crippen LogP contribution in [0.3, 0.4) is 0 Å². The first-order chi connectivity index (χ1) is 8.54. The Labute approximate surface area is 110 Å². The monoisotopic (exact) mass is 266 g/mol. The zero-order valence-electron chi connectivity index (χ0n) is 9.67. The van der Waals surface area contributed by atoms with Crippen LogP contribution in [0.2, 0.25) is 0 Å². The lowest BCUT2D eigenvalue weighted by Crippen LogP contribution is -2.27. The van der Waals surface area contributed by atoms with Crippen LogP contribution in [0.1, 0.15) is 16.8 Å². The first-order valence-corrected chi connectivity index (χ1v) is 6.20. The van der Waals surface area contributed by atoms with Gasteiger partial charge in [-0.15, -0.1) is 0 Å². The molecular formula is C12H14N2O3S. The van der Waals surface area contributed by atoms with Crippen molar-refractivity contribution >= 4 is 35.9 Å². The fourth-order valence-corrected chi connectivity index (χ4v) is 2.40. The van der Waals surface area contributed by atoms with Crippen LogP contribution in [-0.4, -0.2) is 29.3 Å². The number of para-hydroxylation sites is 1. The standard InChI is InChI=1S/C12H14N2O3S/c13-9-3-1-2-8(12(16)17)11(9)14-5-7(6-18)4-10(14)15/h1-3,7,18H,4-6,13H2,(H,16,17). The highest BCUT2D eigenvalue weighted by atomic mass is 32.1. The van der Waals surface area contributed by atoms with Crippen molar-refractivity contribution in [3.05, 3.63) is 23.8 Å². The average molecular weight is 266 g/mol. The Morgan fingerprint density at radius 1 is 1.56 bits per heavy atom. The number of benzene rings is 1. The molecule has 1 heterocycles. The average Bonchev–Trinajstić information content (AvgIpc) is 2.70. The number of carboxylic acids is 1. The van der Waals surface area contributed by atoms with Gasteiger partial charge in [-0.2, -0.15) is 12.6 Å². The van der Waals surface area contributed by atoms with Crippen LogP contribution in [0.25, 0.3) is 0 Å². The van der Waals surface area contributed by atoms with E-state index in [1.807, 2.05) is 0 Å². The third kappa shape index (κ3) is 2.15. The van der Waals surface area contributed by atoms with E-state index in [0.29, 0.717) is 30.1 Å². The summed E-state index contributed by atoms with van der Waals surface area (Å²) in [6.45, 7) is 0.469. The summed E-state index contributed by atoms with van der Waals surface area (Å²) in [5, 5.41) is 9.15. The molecule has 0 bridgehead atoms. The summed E-state index contributed by atoms with van der Waals surface area (Å²) in [7, 11) is 0. The first-order valence-electron chi connectivity index (χ1n) is 5.57. The molecule has 1 aromatic rings. The minimum absolute atomic E-state index is 0.0585. The van der Waals surface area contributed by atoms with Crippen LogP contribution in [0, 0.1) is 5.92 Å². The lowest BCUT2D eigenvalue weighted by Gasteiger charge is -2.20. The van der Waals surface area contributed by atoms with Gasteiger partial charge in [0.25, 0.3) is 0 Å². The van der Waals surface area contributed by atoms with Crippen molar-refractivity contribution in [2.24, 2.45) is 5.92 Å². The first kappa shape index (κ1) is 12.8.